The Labute approximate surface area is 212 Å². The van der Waals surface area contributed by atoms with Crippen LogP contribution in [0.4, 0.5) is 5.69 Å². The molecule has 3 atom stereocenters. The Morgan fingerprint density at radius 2 is 1.41 bits per heavy atom. The van der Waals surface area contributed by atoms with E-state index in [4.69, 9.17) is 14.2 Å². The van der Waals surface area contributed by atoms with Gasteiger partial charge >= 0.3 is 0 Å². The van der Waals surface area contributed by atoms with E-state index < -0.39 is 46.9 Å². The molecule has 3 aromatic rings. The number of imide groups is 1. The van der Waals surface area contributed by atoms with Crippen molar-refractivity contribution in [3.05, 3.63) is 89.0 Å². The molecule has 0 bridgehead atoms. The van der Waals surface area contributed by atoms with Gasteiger partial charge in [0, 0.05) is 17.2 Å². The van der Waals surface area contributed by atoms with Crippen molar-refractivity contribution in [3.63, 3.8) is 0 Å². The minimum atomic E-state index is -2.11. The van der Waals surface area contributed by atoms with Crippen LogP contribution in [0.15, 0.2) is 66.7 Å². The predicted molar refractivity (Wildman–Crippen MR) is 132 cm³/mol. The lowest BCUT2D eigenvalue weighted by Gasteiger charge is -2.27. The Balaban J connectivity index is 1.54. The van der Waals surface area contributed by atoms with Crippen molar-refractivity contribution < 1.29 is 33.4 Å². The monoisotopic (exact) mass is 497 g/mol. The van der Waals surface area contributed by atoms with Gasteiger partial charge in [-0.1, -0.05) is 48.5 Å². The molecular formula is C29H23NO7. The van der Waals surface area contributed by atoms with Gasteiger partial charge in [0.25, 0.3) is 0 Å². The third-order valence-electron chi connectivity index (χ3n) is 7.64. The molecule has 1 spiro atoms. The number of hydrogen-bond donors (Lipinski definition) is 0. The minimum Gasteiger partial charge on any atom is -0.493 e. The number of ketones is 2. The first-order chi connectivity index (χ1) is 17.8. The van der Waals surface area contributed by atoms with Gasteiger partial charge < -0.3 is 14.2 Å². The summed E-state index contributed by atoms with van der Waals surface area (Å²) < 4.78 is 17.0. The van der Waals surface area contributed by atoms with Gasteiger partial charge in [-0.3, -0.25) is 19.2 Å². The molecule has 0 N–H and O–H groups in total. The average Bonchev–Trinajstić information content (AvgIpc) is 3.48. The summed E-state index contributed by atoms with van der Waals surface area (Å²) in [6.07, 6.45) is -0.963. The van der Waals surface area contributed by atoms with E-state index in [-0.39, 0.29) is 16.8 Å². The standard InChI is InChI=1S/C29H23NO7/c1-15-8-4-5-9-17(15)24-22-23(29(37-24)25(31)18-10-6-7-11-19(18)26(29)32)28(34)30(27(22)33)16-12-13-20(35-2)21(14-16)36-3/h4-14,22-24H,1-3H3/t22-,23+,24+/m1/s1. The summed E-state index contributed by atoms with van der Waals surface area (Å²) in [5.74, 6) is -3.99. The van der Waals surface area contributed by atoms with E-state index in [2.05, 4.69) is 0 Å². The van der Waals surface area contributed by atoms with Crippen molar-refractivity contribution in [1.82, 2.24) is 0 Å². The first kappa shape index (κ1) is 23.1. The Bertz CT molecular complexity index is 1470. The molecule has 8 nitrogen and oxygen atoms in total. The van der Waals surface area contributed by atoms with E-state index in [1.54, 1.807) is 48.5 Å². The van der Waals surface area contributed by atoms with Crippen LogP contribution in [0.25, 0.3) is 0 Å². The number of rotatable bonds is 4. The fourth-order valence-corrected chi connectivity index (χ4v) is 5.92. The summed E-state index contributed by atoms with van der Waals surface area (Å²) >= 11 is 0. The summed E-state index contributed by atoms with van der Waals surface area (Å²) in [5.41, 5.74) is 0.0169. The number of amides is 2. The van der Waals surface area contributed by atoms with Crippen LogP contribution in [0.1, 0.15) is 37.9 Å². The Morgan fingerprint density at radius 1 is 0.784 bits per heavy atom. The highest BCUT2D eigenvalue weighted by Crippen LogP contribution is 2.58. The topological polar surface area (TPSA) is 99.2 Å². The minimum absolute atomic E-state index is 0.196. The third-order valence-corrected chi connectivity index (χ3v) is 7.64. The first-order valence-corrected chi connectivity index (χ1v) is 11.9. The van der Waals surface area contributed by atoms with Crippen molar-refractivity contribution in [2.24, 2.45) is 11.8 Å². The summed E-state index contributed by atoms with van der Waals surface area (Å²) in [7, 11) is 2.94. The molecule has 0 aromatic heterocycles. The molecule has 2 aliphatic heterocycles. The number of carbonyl (C=O) groups is 4. The SMILES string of the molecule is COc1ccc(N2C(=O)[C@@H]3[C@@H](C2=O)C2(O[C@H]3c3ccccc3C)C(=O)c3ccccc3C2=O)cc1OC. The average molecular weight is 498 g/mol. The maximum Gasteiger partial charge on any atom is 0.241 e. The van der Waals surface area contributed by atoms with Crippen molar-refractivity contribution in [2.45, 2.75) is 18.6 Å². The van der Waals surface area contributed by atoms with Gasteiger partial charge in [0.05, 0.1) is 37.8 Å². The van der Waals surface area contributed by atoms with Crippen LogP contribution in [0, 0.1) is 18.8 Å². The third kappa shape index (κ3) is 2.93. The highest BCUT2D eigenvalue weighted by atomic mass is 16.5. The van der Waals surface area contributed by atoms with Crippen LogP contribution in [0.3, 0.4) is 0 Å². The zero-order valence-electron chi connectivity index (χ0n) is 20.4. The Hall–Kier alpha value is -4.30. The second kappa shape index (κ2) is 8.11. The number of aryl methyl sites for hydroxylation is 1. The second-order valence-electron chi connectivity index (χ2n) is 9.39. The van der Waals surface area contributed by atoms with Gasteiger partial charge in [0.1, 0.15) is 0 Å². The maximum absolute atomic E-state index is 14.1. The van der Waals surface area contributed by atoms with Crippen LogP contribution in [0.2, 0.25) is 0 Å². The predicted octanol–water partition coefficient (Wildman–Crippen LogP) is 3.71. The zero-order valence-corrected chi connectivity index (χ0v) is 20.4. The number of methoxy groups -OCH3 is 2. The van der Waals surface area contributed by atoms with Crippen molar-refractivity contribution in [2.75, 3.05) is 19.1 Å². The summed E-state index contributed by atoms with van der Waals surface area (Å²) in [6, 6.07) is 18.4. The Kier molecular flexibility index (Phi) is 5.07. The van der Waals surface area contributed by atoms with Gasteiger partial charge in [-0.2, -0.15) is 0 Å². The van der Waals surface area contributed by atoms with E-state index in [0.717, 1.165) is 10.5 Å². The molecular weight excluding hydrogens is 474 g/mol. The molecule has 2 heterocycles. The van der Waals surface area contributed by atoms with Crippen LogP contribution < -0.4 is 14.4 Å². The molecule has 37 heavy (non-hydrogen) atoms. The summed E-state index contributed by atoms with van der Waals surface area (Å²) in [6.45, 7) is 1.86. The number of fused-ring (bicyclic) bond motifs is 3. The smallest absolute Gasteiger partial charge is 0.241 e. The molecule has 2 fully saturated rings. The van der Waals surface area contributed by atoms with E-state index in [0.29, 0.717) is 17.1 Å². The molecule has 2 saturated heterocycles. The highest BCUT2D eigenvalue weighted by Gasteiger charge is 2.74. The molecule has 6 rings (SSSR count). The van der Waals surface area contributed by atoms with Crippen LogP contribution >= 0.6 is 0 Å². The normalized spacial score (nSPS) is 23.5. The molecule has 1 aliphatic carbocycles. The number of nitrogens with zero attached hydrogens (tertiary/aromatic N) is 1. The number of benzene rings is 3. The zero-order chi connectivity index (χ0) is 26.1. The van der Waals surface area contributed by atoms with Crippen LogP contribution in [0.5, 0.6) is 11.5 Å². The number of hydrogen-bond acceptors (Lipinski definition) is 7. The van der Waals surface area contributed by atoms with Crippen molar-refractivity contribution in [1.29, 1.82) is 0 Å². The van der Waals surface area contributed by atoms with Gasteiger partial charge in [0.15, 0.2) is 11.5 Å². The van der Waals surface area contributed by atoms with Gasteiger partial charge in [-0.25, -0.2) is 4.90 Å². The van der Waals surface area contributed by atoms with E-state index in [1.807, 2.05) is 19.1 Å². The van der Waals surface area contributed by atoms with Crippen LogP contribution in [-0.4, -0.2) is 43.2 Å². The number of carbonyl (C=O) groups excluding carboxylic acids is 4. The van der Waals surface area contributed by atoms with Crippen LogP contribution in [-0.2, 0) is 14.3 Å². The molecule has 0 unspecified atom stereocenters. The van der Waals surface area contributed by atoms with E-state index >= 15 is 0 Å². The fraction of sp³-hybridized carbons (Fsp3) is 0.241. The molecule has 2 amide bonds. The molecule has 3 aromatic carbocycles. The first-order valence-electron chi connectivity index (χ1n) is 11.9. The fourth-order valence-electron chi connectivity index (χ4n) is 5.92. The number of anilines is 1. The van der Waals surface area contributed by atoms with E-state index in [1.165, 1.54) is 20.3 Å². The van der Waals surface area contributed by atoms with Crippen molar-refractivity contribution in [3.8, 4) is 11.5 Å². The van der Waals surface area contributed by atoms with E-state index in [9.17, 15) is 19.2 Å². The molecule has 8 heteroatoms. The molecule has 0 radical (unpaired) electrons. The lowest BCUT2D eigenvalue weighted by molar-refractivity contribution is -0.127. The number of Topliss-reactive ketones (excluding diaryl/α,β-unsaturated/α-hetero) is 2. The highest BCUT2D eigenvalue weighted by molar-refractivity contribution is 6.37. The molecule has 0 saturated carbocycles. The molecule has 3 aliphatic rings. The number of ether oxygens (including phenoxy) is 3. The lowest BCUT2D eigenvalue weighted by atomic mass is 9.77. The van der Waals surface area contributed by atoms with Gasteiger partial charge in [-0.05, 0) is 30.2 Å². The maximum atomic E-state index is 14.1. The molecule has 186 valence electrons. The lowest BCUT2D eigenvalue weighted by Crippen LogP contribution is -2.51. The summed E-state index contributed by atoms with van der Waals surface area (Å²) in [4.78, 5) is 56.8. The van der Waals surface area contributed by atoms with Gasteiger partial charge in [0.2, 0.25) is 29.0 Å². The second-order valence-corrected chi connectivity index (χ2v) is 9.39. The largest absolute Gasteiger partial charge is 0.493 e. The Morgan fingerprint density at radius 3 is 2.03 bits per heavy atom. The quantitative estimate of drug-likeness (QED) is 0.400. The van der Waals surface area contributed by atoms with Crippen molar-refractivity contribution >= 4 is 29.1 Å². The van der Waals surface area contributed by atoms with Gasteiger partial charge in [-0.15, -0.1) is 0 Å². The summed E-state index contributed by atoms with van der Waals surface area (Å²) in [5, 5.41) is 0.